The van der Waals surface area contributed by atoms with Crippen molar-refractivity contribution >= 4 is 29.1 Å². The van der Waals surface area contributed by atoms with Gasteiger partial charge in [0.15, 0.2) is 0 Å². The maximum absolute atomic E-state index is 14.6. The van der Waals surface area contributed by atoms with Crippen molar-refractivity contribution in [3.8, 4) is 11.1 Å². The van der Waals surface area contributed by atoms with Crippen LogP contribution in [0.2, 0.25) is 10.2 Å². The van der Waals surface area contributed by atoms with Crippen molar-refractivity contribution in [2.24, 2.45) is 0 Å². The van der Waals surface area contributed by atoms with Crippen LogP contribution in [0, 0.1) is 0 Å². The SMILES string of the molecule is O=C(NCC(F)(F)c1ncc(-c2ccc(Cl)nc2)cc1Cl)c1ccccc1C(F)(F)F. The summed E-state index contributed by atoms with van der Waals surface area (Å²) in [4.78, 5) is 19.7. The number of amides is 1. The van der Waals surface area contributed by atoms with Crippen LogP contribution in [0.15, 0.2) is 54.9 Å². The van der Waals surface area contributed by atoms with Gasteiger partial charge in [0.2, 0.25) is 0 Å². The van der Waals surface area contributed by atoms with E-state index in [1.807, 2.05) is 5.32 Å². The van der Waals surface area contributed by atoms with Crippen LogP contribution >= 0.6 is 23.2 Å². The molecule has 0 spiro atoms. The second-order valence-electron chi connectivity index (χ2n) is 6.35. The number of pyridine rings is 2. The third-order valence-corrected chi connectivity index (χ3v) is 4.71. The van der Waals surface area contributed by atoms with Gasteiger partial charge in [0.05, 0.1) is 22.7 Å². The molecule has 0 atom stereocenters. The summed E-state index contributed by atoms with van der Waals surface area (Å²) in [6.45, 7) is -1.30. The topological polar surface area (TPSA) is 54.9 Å². The molecule has 2 aromatic heterocycles. The first-order chi connectivity index (χ1) is 14.5. The predicted molar refractivity (Wildman–Crippen MR) is 105 cm³/mol. The van der Waals surface area contributed by atoms with E-state index in [1.165, 1.54) is 24.4 Å². The fourth-order valence-corrected chi connectivity index (χ4v) is 3.13. The number of halogens is 7. The van der Waals surface area contributed by atoms with Crippen LogP contribution in [0.1, 0.15) is 21.6 Å². The minimum Gasteiger partial charge on any atom is -0.346 e. The molecule has 162 valence electrons. The number of carbonyl (C=O) groups excluding carboxylic acids is 1. The Kier molecular flexibility index (Phi) is 6.47. The largest absolute Gasteiger partial charge is 0.417 e. The molecular formula is C20H12Cl2F5N3O. The van der Waals surface area contributed by atoms with E-state index in [0.717, 1.165) is 18.3 Å². The lowest BCUT2D eigenvalue weighted by molar-refractivity contribution is -0.137. The zero-order chi connectivity index (χ0) is 22.8. The van der Waals surface area contributed by atoms with E-state index in [9.17, 15) is 26.7 Å². The van der Waals surface area contributed by atoms with Crippen LogP contribution in [0.3, 0.4) is 0 Å². The van der Waals surface area contributed by atoms with Crippen molar-refractivity contribution in [3.63, 3.8) is 0 Å². The number of nitrogens with one attached hydrogen (secondary N) is 1. The van der Waals surface area contributed by atoms with Gasteiger partial charge in [-0.1, -0.05) is 35.3 Å². The molecular weight excluding hydrogens is 464 g/mol. The molecule has 0 aliphatic carbocycles. The summed E-state index contributed by atoms with van der Waals surface area (Å²) in [5.74, 6) is -5.04. The molecule has 1 N–H and O–H groups in total. The first-order valence-corrected chi connectivity index (χ1v) is 9.35. The first-order valence-electron chi connectivity index (χ1n) is 8.59. The lowest BCUT2D eigenvalue weighted by Crippen LogP contribution is -2.36. The second-order valence-corrected chi connectivity index (χ2v) is 7.15. The molecule has 11 heteroatoms. The Morgan fingerprint density at radius 1 is 0.935 bits per heavy atom. The summed E-state index contributed by atoms with van der Waals surface area (Å²) in [5, 5.41) is 1.68. The van der Waals surface area contributed by atoms with Crippen molar-refractivity contribution in [1.29, 1.82) is 0 Å². The van der Waals surface area contributed by atoms with Crippen LogP contribution in [-0.4, -0.2) is 22.4 Å². The summed E-state index contributed by atoms with van der Waals surface area (Å²) < 4.78 is 68.3. The number of alkyl halides is 5. The Morgan fingerprint density at radius 2 is 1.61 bits per heavy atom. The summed E-state index contributed by atoms with van der Waals surface area (Å²) in [5.41, 5.74) is -1.89. The zero-order valence-corrected chi connectivity index (χ0v) is 16.9. The number of nitrogens with zero attached hydrogens (tertiary/aromatic N) is 2. The molecule has 0 saturated heterocycles. The number of carbonyl (C=O) groups is 1. The summed E-state index contributed by atoms with van der Waals surface area (Å²) in [6.07, 6.45) is -2.26. The summed E-state index contributed by atoms with van der Waals surface area (Å²) in [7, 11) is 0. The Balaban J connectivity index is 1.78. The molecule has 0 bridgehead atoms. The second kappa shape index (κ2) is 8.76. The molecule has 1 amide bonds. The van der Waals surface area contributed by atoms with Gasteiger partial charge in [-0.15, -0.1) is 0 Å². The molecule has 0 radical (unpaired) electrons. The number of rotatable bonds is 5. The third kappa shape index (κ3) is 5.29. The maximum Gasteiger partial charge on any atom is 0.417 e. The standard InChI is InChI=1S/C20H12Cl2F5N3O/c21-15-7-12(11-5-6-16(22)28-8-11)9-29-17(15)19(23,24)10-30-18(31)13-3-1-2-4-14(13)20(25,26)27/h1-9H,10H2,(H,30,31). The van der Waals surface area contributed by atoms with Crippen LogP contribution in [-0.2, 0) is 12.1 Å². The van der Waals surface area contributed by atoms with Gasteiger partial charge in [-0.05, 0) is 30.3 Å². The van der Waals surface area contributed by atoms with E-state index in [1.54, 1.807) is 6.07 Å². The van der Waals surface area contributed by atoms with E-state index < -0.39 is 41.4 Å². The van der Waals surface area contributed by atoms with E-state index in [0.29, 0.717) is 17.2 Å². The van der Waals surface area contributed by atoms with E-state index in [2.05, 4.69) is 9.97 Å². The number of aromatic nitrogens is 2. The highest BCUT2D eigenvalue weighted by Crippen LogP contribution is 2.35. The minimum atomic E-state index is -4.81. The monoisotopic (exact) mass is 475 g/mol. The number of hydrogen-bond acceptors (Lipinski definition) is 3. The van der Waals surface area contributed by atoms with Crippen molar-refractivity contribution in [2.75, 3.05) is 6.54 Å². The molecule has 3 rings (SSSR count). The van der Waals surface area contributed by atoms with Gasteiger partial charge in [-0.2, -0.15) is 22.0 Å². The van der Waals surface area contributed by atoms with Gasteiger partial charge in [0.25, 0.3) is 5.91 Å². The average Bonchev–Trinajstić information content (AvgIpc) is 2.71. The number of benzene rings is 1. The Hall–Kier alpha value is -2.78. The lowest BCUT2D eigenvalue weighted by atomic mass is 10.1. The molecule has 0 aliphatic heterocycles. The highest BCUT2D eigenvalue weighted by atomic mass is 35.5. The van der Waals surface area contributed by atoms with Crippen LogP contribution in [0.5, 0.6) is 0 Å². The van der Waals surface area contributed by atoms with E-state index >= 15 is 0 Å². The van der Waals surface area contributed by atoms with Crippen LogP contribution < -0.4 is 5.32 Å². The molecule has 31 heavy (non-hydrogen) atoms. The molecule has 3 aromatic rings. The molecule has 4 nitrogen and oxygen atoms in total. The van der Waals surface area contributed by atoms with Gasteiger partial charge < -0.3 is 5.32 Å². The fraction of sp³-hybridized carbons (Fsp3) is 0.150. The Labute approximate surface area is 183 Å². The molecule has 2 heterocycles. The highest BCUT2D eigenvalue weighted by Gasteiger charge is 2.38. The van der Waals surface area contributed by atoms with E-state index in [4.69, 9.17) is 23.2 Å². The van der Waals surface area contributed by atoms with Crippen molar-refractivity contribution in [1.82, 2.24) is 15.3 Å². The Morgan fingerprint density at radius 3 is 2.23 bits per heavy atom. The first kappa shape index (κ1) is 22.9. The van der Waals surface area contributed by atoms with Crippen molar-refractivity contribution in [3.05, 3.63) is 81.9 Å². The van der Waals surface area contributed by atoms with Gasteiger partial charge in [-0.25, -0.2) is 4.98 Å². The molecule has 0 saturated carbocycles. The minimum absolute atomic E-state index is 0.244. The molecule has 1 aromatic carbocycles. The normalized spacial score (nSPS) is 12.0. The predicted octanol–water partition coefficient (Wildman–Crippen LogP) is 5.99. The zero-order valence-electron chi connectivity index (χ0n) is 15.4. The smallest absolute Gasteiger partial charge is 0.346 e. The van der Waals surface area contributed by atoms with Crippen molar-refractivity contribution < 1.29 is 26.7 Å². The van der Waals surface area contributed by atoms with Crippen LogP contribution in [0.4, 0.5) is 22.0 Å². The van der Waals surface area contributed by atoms with Gasteiger partial charge in [0, 0.05) is 23.5 Å². The average molecular weight is 476 g/mol. The lowest BCUT2D eigenvalue weighted by Gasteiger charge is -2.19. The quantitative estimate of drug-likeness (QED) is 0.364. The molecule has 0 aliphatic rings. The highest BCUT2D eigenvalue weighted by molar-refractivity contribution is 6.31. The van der Waals surface area contributed by atoms with Crippen molar-refractivity contribution in [2.45, 2.75) is 12.1 Å². The summed E-state index contributed by atoms with van der Waals surface area (Å²) >= 11 is 11.7. The number of hydrogen-bond donors (Lipinski definition) is 1. The van der Waals surface area contributed by atoms with Gasteiger partial charge in [0.1, 0.15) is 10.8 Å². The molecule has 0 unspecified atom stereocenters. The maximum atomic E-state index is 14.6. The van der Waals surface area contributed by atoms with Crippen LogP contribution in [0.25, 0.3) is 11.1 Å². The Bertz CT molecular complexity index is 1100. The fourth-order valence-electron chi connectivity index (χ4n) is 2.71. The summed E-state index contributed by atoms with van der Waals surface area (Å²) in [6, 6.07) is 8.22. The molecule has 0 fully saturated rings. The third-order valence-electron chi connectivity index (χ3n) is 4.20. The van der Waals surface area contributed by atoms with Gasteiger partial charge in [-0.3, -0.25) is 9.78 Å². The van der Waals surface area contributed by atoms with Gasteiger partial charge >= 0.3 is 12.1 Å². The van der Waals surface area contributed by atoms with E-state index in [-0.39, 0.29) is 10.2 Å².